The van der Waals surface area contributed by atoms with Gasteiger partial charge in [0.15, 0.2) is 11.5 Å². The fourth-order valence-corrected chi connectivity index (χ4v) is 7.85. The number of rotatable bonds is 22. The van der Waals surface area contributed by atoms with E-state index in [1.54, 1.807) is 0 Å². The highest BCUT2D eigenvalue weighted by molar-refractivity contribution is 5.87. The topological polar surface area (TPSA) is 115 Å². The van der Waals surface area contributed by atoms with Gasteiger partial charge < -0.3 is 35.5 Å². The Morgan fingerprint density at radius 2 is 1.37 bits per heavy atom. The molecule has 5 aromatic rings. The van der Waals surface area contributed by atoms with Crippen LogP contribution in [0.4, 0.5) is 15.3 Å². The van der Waals surface area contributed by atoms with Gasteiger partial charge in [0.25, 0.3) is 0 Å². The zero-order valence-corrected chi connectivity index (χ0v) is 34.5. The van der Waals surface area contributed by atoms with Crippen LogP contribution in [0.2, 0.25) is 0 Å². The van der Waals surface area contributed by atoms with E-state index in [1.165, 1.54) is 11.1 Å². The Morgan fingerprint density at radius 3 is 2.02 bits per heavy atom. The summed E-state index contributed by atoms with van der Waals surface area (Å²) in [5.74, 6) is 2.19. The summed E-state index contributed by atoms with van der Waals surface area (Å²) in [6.45, 7) is 5.60. The van der Waals surface area contributed by atoms with E-state index in [4.69, 9.17) is 19.9 Å². The number of ether oxygens (including phenoxy) is 3. The number of amides is 3. The van der Waals surface area contributed by atoms with Crippen LogP contribution in [-0.2, 0) is 43.8 Å². The van der Waals surface area contributed by atoms with Crippen LogP contribution in [0.25, 0.3) is 0 Å². The minimum absolute atomic E-state index is 0.238. The first-order valence-electron chi connectivity index (χ1n) is 21.3. The fourth-order valence-electron chi connectivity index (χ4n) is 7.85. The summed E-state index contributed by atoms with van der Waals surface area (Å²) in [6, 6.07) is 42.1. The lowest BCUT2D eigenvalue weighted by Gasteiger charge is -2.33. The highest BCUT2D eigenvalue weighted by Gasteiger charge is 2.29. The number of unbranched alkanes of at least 4 members (excludes halogenated alkanes) is 2. The van der Waals surface area contributed by atoms with E-state index in [1.807, 2.05) is 95.9 Å². The number of fused-ring (bicyclic) bond motifs is 1. The van der Waals surface area contributed by atoms with Gasteiger partial charge in [-0.05, 0) is 103 Å². The number of urea groups is 1. The second-order valence-electron chi connectivity index (χ2n) is 15.5. The molecule has 0 radical (unpaired) electrons. The van der Waals surface area contributed by atoms with Crippen molar-refractivity contribution >= 4 is 17.8 Å². The van der Waals surface area contributed by atoms with Gasteiger partial charge in [0, 0.05) is 30.4 Å². The fraction of sp³-hybridized carbons (Fsp3) is 0.360. The molecule has 0 fully saturated rings. The van der Waals surface area contributed by atoms with Crippen molar-refractivity contribution in [3.8, 4) is 11.5 Å². The van der Waals surface area contributed by atoms with Crippen molar-refractivity contribution in [3.63, 3.8) is 0 Å². The Morgan fingerprint density at radius 1 is 0.729 bits per heavy atom. The smallest absolute Gasteiger partial charge is 0.410 e. The normalized spacial score (nSPS) is 13.8. The molecular weight excluding hydrogens is 737 g/mol. The van der Waals surface area contributed by atoms with Crippen LogP contribution in [0.3, 0.4) is 0 Å². The number of carbonyl (C=O) groups excluding carboxylic acids is 2. The summed E-state index contributed by atoms with van der Waals surface area (Å²) in [4.78, 5) is 26.5. The molecule has 9 heteroatoms. The number of benzene rings is 5. The molecule has 0 heterocycles. The van der Waals surface area contributed by atoms with Gasteiger partial charge in [-0.25, -0.2) is 9.59 Å². The van der Waals surface area contributed by atoms with E-state index in [-0.39, 0.29) is 12.7 Å². The van der Waals surface area contributed by atoms with Crippen molar-refractivity contribution < 1.29 is 23.8 Å². The summed E-state index contributed by atoms with van der Waals surface area (Å²) in [5, 5.41) is 6.51. The summed E-state index contributed by atoms with van der Waals surface area (Å²) in [7, 11) is 0. The SMILES string of the molecule is CCCN[C@@H](CCCCCN(CCc1ccc(NC(N)=O)cc1)C(=O)OCc1ccccc1)C1CCc2c(ccc(OCc3ccccc3)c2OCc2ccccc2)C1. The number of hydrogen-bond acceptors (Lipinski definition) is 6. The Balaban J connectivity index is 1.06. The molecule has 6 rings (SSSR count). The highest BCUT2D eigenvalue weighted by atomic mass is 16.6. The molecule has 9 nitrogen and oxygen atoms in total. The quantitative estimate of drug-likeness (QED) is 0.0601. The summed E-state index contributed by atoms with van der Waals surface area (Å²) < 4.78 is 18.8. The van der Waals surface area contributed by atoms with E-state index in [9.17, 15) is 9.59 Å². The van der Waals surface area contributed by atoms with E-state index in [0.717, 1.165) is 91.7 Å². The van der Waals surface area contributed by atoms with Crippen LogP contribution in [0.1, 0.15) is 78.8 Å². The molecule has 4 N–H and O–H groups in total. The highest BCUT2D eigenvalue weighted by Crippen LogP contribution is 2.41. The number of anilines is 1. The summed E-state index contributed by atoms with van der Waals surface area (Å²) in [6.07, 6.45) is 8.55. The zero-order chi connectivity index (χ0) is 41.1. The molecule has 0 saturated heterocycles. The third-order valence-electron chi connectivity index (χ3n) is 11.1. The monoisotopic (exact) mass is 796 g/mol. The molecule has 310 valence electrons. The third-order valence-corrected chi connectivity index (χ3v) is 11.1. The van der Waals surface area contributed by atoms with Gasteiger partial charge in [0.1, 0.15) is 19.8 Å². The summed E-state index contributed by atoms with van der Waals surface area (Å²) >= 11 is 0. The maximum atomic E-state index is 13.4. The van der Waals surface area contributed by atoms with E-state index in [0.29, 0.717) is 50.4 Å². The van der Waals surface area contributed by atoms with Crippen LogP contribution in [0.15, 0.2) is 127 Å². The van der Waals surface area contributed by atoms with Gasteiger partial charge in [-0.1, -0.05) is 129 Å². The maximum absolute atomic E-state index is 13.4. The van der Waals surface area contributed by atoms with Gasteiger partial charge in [-0.15, -0.1) is 0 Å². The van der Waals surface area contributed by atoms with Gasteiger partial charge in [-0.3, -0.25) is 0 Å². The molecule has 0 saturated carbocycles. The van der Waals surface area contributed by atoms with Crippen LogP contribution >= 0.6 is 0 Å². The largest absolute Gasteiger partial charge is 0.485 e. The minimum Gasteiger partial charge on any atom is -0.485 e. The molecule has 0 spiro atoms. The van der Waals surface area contributed by atoms with Gasteiger partial charge in [0.05, 0.1) is 0 Å². The lowest BCUT2D eigenvalue weighted by molar-refractivity contribution is 0.0957. The molecule has 5 aromatic carbocycles. The molecule has 1 aliphatic carbocycles. The van der Waals surface area contributed by atoms with Crippen molar-refractivity contribution in [3.05, 3.63) is 161 Å². The van der Waals surface area contributed by atoms with Crippen molar-refractivity contribution in [1.29, 1.82) is 0 Å². The maximum Gasteiger partial charge on any atom is 0.410 e. The first-order chi connectivity index (χ1) is 28.9. The molecule has 0 aromatic heterocycles. The predicted octanol–water partition coefficient (Wildman–Crippen LogP) is 10.3. The van der Waals surface area contributed by atoms with E-state index in [2.05, 4.69) is 54.0 Å². The van der Waals surface area contributed by atoms with Crippen LogP contribution in [0.5, 0.6) is 11.5 Å². The Hall–Kier alpha value is -5.80. The number of carbonyl (C=O) groups is 2. The first-order valence-corrected chi connectivity index (χ1v) is 21.3. The summed E-state index contributed by atoms with van der Waals surface area (Å²) in [5.41, 5.74) is 12.8. The zero-order valence-electron chi connectivity index (χ0n) is 34.5. The predicted molar refractivity (Wildman–Crippen MR) is 236 cm³/mol. The Labute approximate surface area is 350 Å². The average Bonchev–Trinajstić information content (AvgIpc) is 3.27. The Kier molecular flexibility index (Phi) is 16.7. The molecule has 1 aliphatic rings. The molecule has 59 heavy (non-hydrogen) atoms. The average molecular weight is 797 g/mol. The number of hydrogen-bond donors (Lipinski definition) is 3. The lowest BCUT2D eigenvalue weighted by atomic mass is 9.78. The second-order valence-corrected chi connectivity index (χ2v) is 15.5. The van der Waals surface area contributed by atoms with Gasteiger partial charge in [-0.2, -0.15) is 0 Å². The first kappa shape index (κ1) is 42.8. The number of primary amides is 1. The van der Waals surface area contributed by atoms with E-state index >= 15 is 0 Å². The van der Waals surface area contributed by atoms with E-state index < -0.39 is 6.03 Å². The van der Waals surface area contributed by atoms with Crippen LogP contribution in [-0.4, -0.2) is 42.7 Å². The molecule has 1 unspecified atom stereocenters. The van der Waals surface area contributed by atoms with Crippen molar-refractivity contribution in [1.82, 2.24) is 10.2 Å². The molecule has 0 aliphatic heterocycles. The molecule has 3 amide bonds. The molecule has 2 atom stereocenters. The molecular formula is C50H60N4O5. The minimum atomic E-state index is -0.597. The lowest BCUT2D eigenvalue weighted by Crippen LogP contribution is -2.39. The number of nitrogens with two attached hydrogens (primary N) is 1. The number of nitrogens with one attached hydrogen (secondary N) is 2. The van der Waals surface area contributed by atoms with Gasteiger partial charge in [0.2, 0.25) is 0 Å². The van der Waals surface area contributed by atoms with Crippen molar-refractivity contribution in [2.24, 2.45) is 11.7 Å². The standard InChI is InChI=1S/C50H60N4O5/c1-2-31-52-46(21-13-6-14-32-54(50(56)59-37-41-19-11-5-12-20-41)33-30-38-22-26-44(27-23-38)53-49(51)55)43-24-28-45-42(34-43)25-29-47(57-35-39-15-7-3-8-16-39)48(45)58-36-40-17-9-4-10-18-40/h3-5,7-12,15-20,22-23,25-27,29,43,46,52H,2,6,13-14,21,24,28,30-37H2,1H3,(H3,51,53,55)/t43?,46-/m0/s1. The van der Waals surface area contributed by atoms with Crippen molar-refractivity contribution in [2.75, 3.05) is 25.0 Å². The van der Waals surface area contributed by atoms with Crippen molar-refractivity contribution in [2.45, 2.75) is 90.6 Å². The molecule has 0 bridgehead atoms. The van der Waals surface area contributed by atoms with Gasteiger partial charge >= 0.3 is 12.1 Å². The number of nitrogens with zero attached hydrogens (tertiary/aromatic N) is 1. The second kappa shape index (κ2) is 23.0. The van der Waals surface area contributed by atoms with Crippen LogP contribution in [0, 0.1) is 5.92 Å². The third kappa shape index (κ3) is 13.6. The Bertz CT molecular complexity index is 2010. The van der Waals surface area contributed by atoms with Crippen LogP contribution < -0.4 is 25.8 Å².